The molecule has 0 aliphatic heterocycles. The highest BCUT2D eigenvalue weighted by molar-refractivity contribution is 8.00. The molecule has 0 aliphatic rings. The highest BCUT2D eigenvalue weighted by Crippen LogP contribution is 2.22. The molecule has 84 valence electrons. The van der Waals surface area contributed by atoms with E-state index < -0.39 is 0 Å². The molecule has 0 fully saturated rings. The maximum atomic E-state index is 11.3. The zero-order valence-electron chi connectivity index (χ0n) is 8.93. The molecule has 0 spiro atoms. The van der Waals surface area contributed by atoms with E-state index in [-0.39, 0.29) is 11.2 Å². The summed E-state index contributed by atoms with van der Waals surface area (Å²) < 4.78 is 6.50. The summed E-state index contributed by atoms with van der Waals surface area (Å²) in [5.74, 6) is 0.0673. The van der Waals surface area contributed by atoms with Crippen molar-refractivity contribution in [2.75, 3.05) is 12.3 Å². The number of carbonyl (C=O) groups excluding carboxylic acids is 1. The number of hydrogen-bond acceptors (Lipinski definition) is 6. The lowest BCUT2D eigenvalue weighted by atomic mass is 10.5. The molecule has 7 heteroatoms. The van der Waals surface area contributed by atoms with E-state index >= 15 is 0 Å². The number of thioether (sulfide) groups is 1. The third-order valence-corrected chi connectivity index (χ3v) is 2.88. The Labute approximate surface area is 92.2 Å². The summed E-state index contributed by atoms with van der Waals surface area (Å²) in [6.45, 7) is 3.91. The van der Waals surface area contributed by atoms with E-state index in [1.165, 1.54) is 11.8 Å². The molecule has 1 atom stereocenters. The molecule has 1 aromatic rings. The molecule has 0 aromatic carbocycles. The zero-order chi connectivity index (χ0) is 11.4. The topological polar surface area (TPSA) is 83.0 Å². The van der Waals surface area contributed by atoms with Crippen LogP contribution < -0.4 is 5.73 Å². The van der Waals surface area contributed by atoms with Gasteiger partial charge in [-0.2, -0.15) is 0 Å². The Morgan fingerprint density at radius 2 is 2.33 bits per heavy atom. The molecule has 0 bridgehead atoms. The van der Waals surface area contributed by atoms with Gasteiger partial charge in [0, 0.05) is 7.05 Å². The van der Waals surface area contributed by atoms with Gasteiger partial charge >= 0.3 is 5.97 Å². The summed E-state index contributed by atoms with van der Waals surface area (Å²) in [5, 5.41) is 7.83. The molecule has 0 radical (unpaired) electrons. The SMILES string of the molecule is CCOC(=O)C(C)Sc1nnc(N)n1C. The quantitative estimate of drug-likeness (QED) is 0.597. The van der Waals surface area contributed by atoms with Crippen LogP contribution in [0.3, 0.4) is 0 Å². The van der Waals surface area contributed by atoms with E-state index in [0.717, 1.165) is 0 Å². The molecule has 1 unspecified atom stereocenters. The Balaban J connectivity index is 2.62. The number of nitrogens with zero attached hydrogens (tertiary/aromatic N) is 3. The lowest BCUT2D eigenvalue weighted by Crippen LogP contribution is -2.17. The van der Waals surface area contributed by atoms with E-state index in [9.17, 15) is 4.79 Å². The van der Waals surface area contributed by atoms with Crippen LogP contribution in [0.25, 0.3) is 0 Å². The van der Waals surface area contributed by atoms with Gasteiger partial charge in [-0.15, -0.1) is 10.2 Å². The maximum absolute atomic E-state index is 11.3. The summed E-state index contributed by atoms with van der Waals surface area (Å²) >= 11 is 1.27. The van der Waals surface area contributed by atoms with Crippen molar-refractivity contribution in [3.63, 3.8) is 0 Å². The van der Waals surface area contributed by atoms with Crippen molar-refractivity contribution in [2.45, 2.75) is 24.3 Å². The lowest BCUT2D eigenvalue weighted by molar-refractivity contribution is -0.142. The second-order valence-corrected chi connectivity index (χ2v) is 4.22. The summed E-state index contributed by atoms with van der Waals surface area (Å²) in [6.07, 6.45) is 0. The van der Waals surface area contributed by atoms with E-state index in [2.05, 4.69) is 10.2 Å². The second-order valence-electron chi connectivity index (χ2n) is 2.91. The Kier molecular flexibility index (Phi) is 3.96. The second kappa shape index (κ2) is 5.01. The first-order valence-corrected chi connectivity index (χ1v) is 5.42. The average molecular weight is 230 g/mol. The van der Waals surface area contributed by atoms with E-state index in [4.69, 9.17) is 10.5 Å². The van der Waals surface area contributed by atoms with E-state index in [1.54, 1.807) is 25.5 Å². The fraction of sp³-hybridized carbons (Fsp3) is 0.625. The fourth-order valence-electron chi connectivity index (χ4n) is 0.895. The predicted molar refractivity (Wildman–Crippen MR) is 57.4 cm³/mol. The first-order chi connectivity index (χ1) is 7.06. The van der Waals surface area contributed by atoms with Crippen LogP contribution in [-0.4, -0.2) is 32.6 Å². The van der Waals surface area contributed by atoms with Gasteiger partial charge in [-0.25, -0.2) is 0 Å². The van der Waals surface area contributed by atoms with Crippen LogP contribution in [0, 0.1) is 0 Å². The summed E-state index contributed by atoms with van der Waals surface area (Å²) in [5.41, 5.74) is 5.51. The van der Waals surface area contributed by atoms with E-state index in [1.807, 2.05) is 0 Å². The number of esters is 1. The normalized spacial score (nSPS) is 12.5. The van der Waals surface area contributed by atoms with Crippen molar-refractivity contribution in [3.05, 3.63) is 0 Å². The van der Waals surface area contributed by atoms with Crippen LogP contribution in [-0.2, 0) is 16.6 Å². The number of rotatable bonds is 4. The number of anilines is 1. The number of nitrogen functional groups attached to an aromatic ring is 1. The van der Waals surface area contributed by atoms with Crippen LogP contribution in [0.1, 0.15) is 13.8 Å². The van der Waals surface area contributed by atoms with Gasteiger partial charge in [0.15, 0.2) is 5.16 Å². The molecule has 0 aliphatic carbocycles. The smallest absolute Gasteiger partial charge is 0.319 e. The van der Waals surface area contributed by atoms with Gasteiger partial charge in [0.05, 0.1) is 6.61 Å². The van der Waals surface area contributed by atoms with Gasteiger partial charge in [-0.3, -0.25) is 9.36 Å². The van der Waals surface area contributed by atoms with E-state index in [0.29, 0.717) is 17.7 Å². The predicted octanol–water partition coefficient (Wildman–Crippen LogP) is 0.441. The van der Waals surface area contributed by atoms with Crippen LogP contribution in [0.15, 0.2) is 5.16 Å². The standard InChI is InChI=1S/C8H14N4O2S/c1-4-14-6(13)5(2)15-8-11-10-7(9)12(8)3/h5H,4H2,1-3H3,(H2,9,10). The van der Waals surface area contributed by atoms with Crippen molar-refractivity contribution < 1.29 is 9.53 Å². The number of ether oxygens (including phenoxy) is 1. The third-order valence-electron chi connectivity index (χ3n) is 1.77. The molecular formula is C8H14N4O2S. The van der Waals surface area contributed by atoms with Gasteiger partial charge in [0.2, 0.25) is 5.95 Å². The van der Waals surface area contributed by atoms with Crippen LogP contribution in [0.4, 0.5) is 5.95 Å². The molecule has 1 aromatic heterocycles. The number of hydrogen-bond donors (Lipinski definition) is 1. The third kappa shape index (κ3) is 2.85. The monoisotopic (exact) mass is 230 g/mol. The minimum atomic E-state index is -0.313. The molecule has 15 heavy (non-hydrogen) atoms. The van der Waals surface area contributed by atoms with Crippen LogP contribution in [0.2, 0.25) is 0 Å². The molecule has 0 saturated carbocycles. The van der Waals surface area contributed by atoms with Gasteiger partial charge in [-0.05, 0) is 13.8 Å². The van der Waals surface area contributed by atoms with Gasteiger partial charge in [0.1, 0.15) is 5.25 Å². The Bertz CT molecular complexity index is 352. The minimum absolute atomic E-state index is 0.260. The molecular weight excluding hydrogens is 216 g/mol. The Morgan fingerprint density at radius 3 is 2.80 bits per heavy atom. The Morgan fingerprint density at radius 1 is 1.67 bits per heavy atom. The largest absolute Gasteiger partial charge is 0.465 e. The molecule has 1 heterocycles. The van der Waals surface area contributed by atoms with Crippen molar-refractivity contribution in [2.24, 2.45) is 7.05 Å². The van der Waals surface area contributed by atoms with Crippen LogP contribution >= 0.6 is 11.8 Å². The minimum Gasteiger partial charge on any atom is -0.465 e. The Hall–Kier alpha value is -1.24. The van der Waals surface area contributed by atoms with Crippen molar-refractivity contribution in [1.82, 2.24) is 14.8 Å². The number of nitrogens with two attached hydrogens (primary N) is 1. The first kappa shape index (κ1) is 11.8. The molecule has 1 rings (SSSR count). The van der Waals surface area contributed by atoms with Crippen LogP contribution in [0.5, 0.6) is 0 Å². The highest BCUT2D eigenvalue weighted by Gasteiger charge is 2.18. The van der Waals surface area contributed by atoms with Crippen molar-refractivity contribution >= 4 is 23.7 Å². The van der Waals surface area contributed by atoms with Gasteiger partial charge in [0.25, 0.3) is 0 Å². The average Bonchev–Trinajstić information content (AvgIpc) is 2.50. The fourth-order valence-corrected chi connectivity index (χ4v) is 1.71. The van der Waals surface area contributed by atoms with Gasteiger partial charge < -0.3 is 10.5 Å². The van der Waals surface area contributed by atoms with Gasteiger partial charge in [-0.1, -0.05) is 11.8 Å². The molecule has 0 amide bonds. The number of carbonyl (C=O) groups is 1. The molecule has 2 N–H and O–H groups in total. The number of aromatic nitrogens is 3. The van der Waals surface area contributed by atoms with Crippen molar-refractivity contribution in [3.8, 4) is 0 Å². The lowest BCUT2D eigenvalue weighted by Gasteiger charge is -2.08. The summed E-state index contributed by atoms with van der Waals surface area (Å²) in [7, 11) is 1.75. The van der Waals surface area contributed by atoms with Crippen molar-refractivity contribution in [1.29, 1.82) is 0 Å². The molecule has 0 saturated heterocycles. The maximum Gasteiger partial charge on any atom is 0.319 e. The summed E-state index contributed by atoms with van der Waals surface area (Å²) in [4.78, 5) is 11.3. The highest BCUT2D eigenvalue weighted by atomic mass is 32.2. The first-order valence-electron chi connectivity index (χ1n) is 4.54. The zero-order valence-corrected chi connectivity index (χ0v) is 9.74. The summed E-state index contributed by atoms with van der Waals surface area (Å²) in [6, 6.07) is 0. The molecule has 6 nitrogen and oxygen atoms in total.